The summed E-state index contributed by atoms with van der Waals surface area (Å²) in [5.41, 5.74) is 7.39. The van der Waals surface area contributed by atoms with E-state index in [1.807, 2.05) is 0 Å². The van der Waals surface area contributed by atoms with Crippen molar-refractivity contribution in [1.82, 2.24) is 5.32 Å². The second kappa shape index (κ2) is 6.84. The Morgan fingerprint density at radius 3 is 2.86 bits per heavy atom. The van der Waals surface area contributed by atoms with Crippen LogP contribution in [-0.4, -0.2) is 30.0 Å². The zero-order valence-corrected chi connectivity index (χ0v) is 11.9. The minimum Gasteiger partial charge on any atom is -0.370 e. The van der Waals surface area contributed by atoms with Crippen molar-refractivity contribution in [3.8, 4) is 0 Å². The molecule has 4 N–H and O–H groups in total. The fourth-order valence-electron chi connectivity index (χ4n) is 2.31. The van der Waals surface area contributed by atoms with Crippen LogP contribution >= 0.6 is 0 Å². The third-order valence-corrected chi connectivity index (χ3v) is 3.37. The normalized spacial score (nSPS) is 13.9. The third-order valence-electron chi connectivity index (χ3n) is 3.37. The number of nitrogens with two attached hydrogens (primary N) is 1. The fourth-order valence-corrected chi connectivity index (χ4v) is 2.31. The van der Waals surface area contributed by atoms with Gasteiger partial charge in [-0.2, -0.15) is 0 Å². The molecular formula is C15H17N3O4. The Kier molecular flexibility index (Phi) is 4.88. The minimum atomic E-state index is -0.724. The molecule has 0 aliphatic carbocycles. The van der Waals surface area contributed by atoms with Crippen molar-refractivity contribution in [1.29, 1.82) is 0 Å². The van der Waals surface area contributed by atoms with E-state index >= 15 is 0 Å². The molecule has 0 bridgehead atoms. The molecule has 1 aliphatic rings. The average molecular weight is 303 g/mol. The first-order valence-electron chi connectivity index (χ1n) is 6.92. The lowest BCUT2D eigenvalue weighted by atomic mass is 10.1. The van der Waals surface area contributed by atoms with Gasteiger partial charge in [-0.15, -0.1) is 0 Å². The summed E-state index contributed by atoms with van der Waals surface area (Å²) in [6.07, 6.45) is 1.22. The Balaban J connectivity index is 1.91. The van der Waals surface area contributed by atoms with Gasteiger partial charge in [-0.1, -0.05) is 12.1 Å². The summed E-state index contributed by atoms with van der Waals surface area (Å²) >= 11 is 0. The second-order valence-corrected chi connectivity index (χ2v) is 5.21. The van der Waals surface area contributed by atoms with Crippen LogP contribution in [0, 0.1) is 0 Å². The first kappa shape index (κ1) is 15.7. The van der Waals surface area contributed by atoms with Crippen molar-refractivity contribution in [3.63, 3.8) is 0 Å². The van der Waals surface area contributed by atoms with Gasteiger partial charge in [-0.3, -0.25) is 14.4 Å². The molecule has 0 radical (unpaired) electrons. The number of nitrogens with one attached hydrogen (secondary N) is 2. The number of benzene rings is 1. The molecule has 7 nitrogen and oxygen atoms in total. The van der Waals surface area contributed by atoms with E-state index in [0.717, 1.165) is 16.8 Å². The van der Waals surface area contributed by atoms with Crippen LogP contribution in [0.25, 0.3) is 0 Å². The van der Waals surface area contributed by atoms with E-state index in [0.29, 0.717) is 12.7 Å². The van der Waals surface area contributed by atoms with Crippen molar-refractivity contribution in [2.24, 2.45) is 5.73 Å². The van der Waals surface area contributed by atoms with Crippen molar-refractivity contribution in [2.45, 2.75) is 31.7 Å². The number of rotatable bonds is 7. The number of hydrogen-bond acceptors (Lipinski definition) is 4. The van der Waals surface area contributed by atoms with Gasteiger partial charge in [-0.05, 0) is 23.6 Å². The summed E-state index contributed by atoms with van der Waals surface area (Å²) < 4.78 is 0. The molecule has 22 heavy (non-hydrogen) atoms. The number of amides is 3. The maximum atomic E-state index is 11.9. The molecule has 1 atom stereocenters. The van der Waals surface area contributed by atoms with E-state index in [9.17, 15) is 19.2 Å². The number of aldehydes is 1. The van der Waals surface area contributed by atoms with Gasteiger partial charge in [0.05, 0.1) is 18.9 Å². The molecule has 1 aromatic rings. The van der Waals surface area contributed by atoms with Crippen molar-refractivity contribution >= 4 is 29.7 Å². The van der Waals surface area contributed by atoms with Crippen LogP contribution in [0.3, 0.4) is 0 Å². The molecule has 1 heterocycles. The largest absolute Gasteiger partial charge is 0.370 e. The average Bonchev–Trinajstić information content (AvgIpc) is 2.82. The molecule has 1 unspecified atom stereocenters. The lowest BCUT2D eigenvalue weighted by molar-refractivity contribution is -0.124. The standard InChI is InChI=1S/C15H17N3O4/c16-13(20)4-2-11(8-19)17-14(21)6-9-1-3-12-10(5-9)7-15(22)18-12/h1,3,5,8,11H,2,4,6-7H2,(H2,16,20)(H,17,21)(H,18,22). The number of carbonyl (C=O) groups is 4. The number of hydrogen-bond donors (Lipinski definition) is 3. The van der Waals surface area contributed by atoms with Crippen molar-refractivity contribution in [2.75, 3.05) is 5.32 Å². The second-order valence-electron chi connectivity index (χ2n) is 5.21. The molecule has 0 aromatic heterocycles. The highest BCUT2D eigenvalue weighted by Gasteiger charge is 2.18. The van der Waals surface area contributed by atoms with E-state index in [1.54, 1.807) is 18.2 Å². The van der Waals surface area contributed by atoms with Crippen LogP contribution < -0.4 is 16.4 Å². The molecule has 0 spiro atoms. The fraction of sp³-hybridized carbons (Fsp3) is 0.333. The van der Waals surface area contributed by atoms with Crippen LogP contribution in [0.1, 0.15) is 24.0 Å². The summed E-state index contributed by atoms with van der Waals surface area (Å²) in [7, 11) is 0. The van der Waals surface area contributed by atoms with Crippen molar-refractivity contribution < 1.29 is 19.2 Å². The van der Waals surface area contributed by atoms with Crippen LogP contribution in [0.4, 0.5) is 5.69 Å². The molecule has 2 rings (SSSR count). The molecule has 0 fully saturated rings. The van der Waals surface area contributed by atoms with Gasteiger partial charge in [0.2, 0.25) is 17.7 Å². The molecule has 1 aliphatic heterocycles. The van der Waals surface area contributed by atoms with Gasteiger partial charge in [0.15, 0.2) is 0 Å². The van der Waals surface area contributed by atoms with Gasteiger partial charge in [0.1, 0.15) is 6.29 Å². The Morgan fingerprint density at radius 2 is 2.18 bits per heavy atom. The topological polar surface area (TPSA) is 118 Å². The van der Waals surface area contributed by atoms with Gasteiger partial charge in [0, 0.05) is 12.1 Å². The van der Waals surface area contributed by atoms with E-state index in [4.69, 9.17) is 5.73 Å². The molecule has 7 heteroatoms. The molecule has 0 saturated heterocycles. The number of fused-ring (bicyclic) bond motifs is 1. The van der Waals surface area contributed by atoms with Crippen LogP contribution in [-0.2, 0) is 32.0 Å². The molecular weight excluding hydrogens is 286 g/mol. The van der Waals surface area contributed by atoms with Crippen molar-refractivity contribution in [3.05, 3.63) is 29.3 Å². The Labute approximate surface area is 127 Å². The maximum absolute atomic E-state index is 11.9. The summed E-state index contributed by atoms with van der Waals surface area (Å²) in [4.78, 5) is 44.8. The van der Waals surface area contributed by atoms with Crippen LogP contribution in [0.15, 0.2) is 18.2 Å². The highest BCUT2D eigenvalue weighted by Crippen LogP contribution is 2.23. The van der Waals surface area contributed by atoms with Gasteiger partial charge in [0.25, 0.3) is 0 Å². The zero-order chi connectivity index (χ0) is 16.1. The molecule has 1 aromatic carbocycles. The highest BCUT2D eigenvalue weighted by molar-refractivity contribution is 5.99. The molecule has 0 saturated carbocycles. The van der Waals surface area contributed by atoms with E-state index in [-0.39, 0.29) is 31.1 Å². The quantitative estimate of drug-likeness (QED) is 0.598. The van der Waals surface area contributed by atoms with E-state index < -0.39 is 11.9 Å². The Bertz CT molecular complexity index is 627. The van der Waals surface area contributed by atoms with Gasteiger partial charge < -0.3 is 21.2 Å². The predicted octanol–water partition coefficient (Wildman–Crippen LogP) is -0.327. The first-order chi connectivity index (χ1) is 10.5. The van der Waals surface area contributed by atoms with E-state index in [2.05, 4.69) is 10.6 Å². The monoisotopic (exact) mass is 303 g/mol. The third kappa shape index (κ3) is 4.15. The van der Waals surface area contributed by atoms with Crippen LogP contribution in [0.2, 0.25) is 0 Å². The summed E-state index contributed by atoms with van der Waals surface area (Å²) in [5, 5.41) is 5.27. The summed E-state index contributed by atoms with van der Waals surface area (Å²) in [6, 6.07) is 4.58. The van der Waals surface area contributed by atoms with Gasteiger partial charge >= 0.3 is 0 Å². The number of carbonyl (C=O) groups excluding carboxylic acids is 4. The highest BCUT2D eigenvalue weighted by atomic mass is 16.2. The SMILES string of the molecule is NC(=O)CCC(C=O)NC(=O)Cc1ccc2c(c1)CC(=O)N2. The number of primary amides is 1. The Morgan fingerprint density at radius 1 is 1.41 bits per heavy atom. The maximum Gasteiger partial charge on any atom is 0.228 e. The molecule has 3 amide bonds. The number of anilines is 1. The summed E-state index contributed by atoms with van der Waals surface area (Å²) in [6.45, 7) is 0. The van der Waals surface area contributed by atoms with Gasteiger partial charge in [-0.25, -0.2) is 0 Å². The summed E-state index contributed by atoms with van der Waals surface area (Å²) in [5.74, 6) is -0.903. The lowest BCUT2D eigenvalue weighted by Crippen LogP contribution is -2.37. The smallest absolute Gasteiger partial charge is 0.228 e. The minimum absolute atomic E-state index is 0.0380. The predicted molar refractivity (Wildman–Crippen MR) is 78.9 cm³/mol. The Hall–Kier alpha value is -2.70. The lowest BCUT2D eigenvalue weighted by Gasteiger charge is -2.12. The van der Waals surface area contributed by atoms with E-state index in [1.165, 1.54) is 0 Å². The first-order valence-corrected chi connectivity index (χ1v) is 6.92. The zero-order valence-electron chi connectivity index (χ0n) is 11.9. The molecule has 116 valence electrons. The van der Waals surface area contributed by atoms with Crippen LogP contribution in [0.5, 0.6) is 0 Å².